The summed E-state index contributed by atoms with van der Waals surface area (Å²) in [6, 6.07) is 8.76. The van der Waals surface area contributed by atoms with Gasteiger partial charge in [0.15, 0.2) is 0 Å². The first-order valence-electron chi connectivity index (χ1n) is 6.70. The van der Waals surface area contributed by atoms with Crippen molar-refractivity contribution in [3.8, 4) is 6.07 Å². The van der Waals surface area contributed by atoms with E-state index in [-0.39, 0.29) is 12.3 Å². The van der Waals surface area contributed by atoms with E-state index >= 15 is 0 Å². The van der Waals surface area contributed by atoms with Crippen LogP contribution in [-0.2, 0) is 15.6 Å². The number of nitrogens with zero attached hydrogens (tertiary/aromatic N) is 1. The molecule has 2 atom stereocenters. The van der Waals surface area contributed by atoms with Crippen LogP contribution in [0.1, 0.15) is 32.3 Å². The molecule has 1 amide bonds. The lowest BCUT2D eigenvalue weighted by atomic mass is 10.2. The van der Waals surface area contributed by atoms with Crippen molar-refractivity contribution in [2.24, 2.45) is 5.92 Å². The van der Waals surface area contributed by atoms with Crippen molar-refractivity contribution in [2.75, 3.05) is 16.8 Å². The first-order chi connectivity index (χ1) is 9.55. The summed E-state index contributed by atoms with van der Waals surface area (Å²) >= 11 is 0. The second-order valence-corrected chi connectivity index (χ2v) is 6.44. The van der Waals surface area contributed by atoms with Gasteiger partial charge in [-0.25, -0.2) is 0 Å². The van der Waals surface area contributed by atoms with Crippen LogP contribution in [0.25, 0.3) is 0 Å². The molecule has 2 unspecified atom stereocenters. The summed E-state index contributed by atoms with van der Waals surface area (Å²) in [7, 11) is -0.948. The highest BCUT2D eigenvalue weighted by Gasteiger charge is 2.09. The van der Waals surface area contributed by atoms with Gasteiger partial charge in [-0.05, 0) is 24.1 Å². The Kier molecular flexibility index (Phi) is 6.96. The van der Waals surface area contributed by atoms with Crippen molar-refractivity contribution in [2.45, 2.75) is 26.7 Å². The van der Waals surface area contributed by atoms with Gasteiger partial charge in [-0.15, -0.1) is 0 Å². The lowest BCUT2D eigenvalue weighted by Crippen LogP contribution is -2.17. The van der Waals surface area contributed by atoms with Crippen LogP contribution >= 0.6 is 0 Å². The SMILES string of the molecule is CCC(C)CS(=O)CCC(=O)Nc1cccc(C#N)c1. The molecule has 0 spiro atoms. The Balaban J connectivity index is 2.40. The molecule has 0 aliphatic rings. The van der Waals surface area contributed by atoms with Gasteiger partial charge in [0.1, 0.15) is 0 Å². The number of nitrogens with one attached hydrogen (secondary N) is 1. The maximum atomic E-state index is 11.8. The van der Waals surface area contributed by atoms with Crippen LogP contribution in [0.2, 0.25) is 0 Å². The van der Waals surface area contributed by atoms with Crippen LogP contribution in [-0.4, -0.2) is 21.6 Å². The van der Waals surface area contributed by atoms with E-state index in [1.54, 1.807) is 24.3 Å². The fraction of sp³-hybridized carbons (Fsp3) is 0.467. The highest BCUT2D eigenvalue weighted by atomic mass is 32.2. The molecule has 5 heteroatoms. The van der Waals surface area contributed by atoms with E-state index in [1.807, 2.05) is 6.07 Å². The molecule has 108 valence electrons. The topological polar surface area (TPSA) is 70.0 Å². The van der Waals surface area contributed by atoms with Crippen molar-refractivity contribution in [3.05, 3.63) is 29.8 Å². The third-order valence-electron chi connectivity index (χ3n) is 3.00. The highest BCUT2D eigenvalue weighted by Crippen LogP contribution is 2.10. The normalized spacial score (nSPS) is 13.2. The first kappa shape index (κ1) is 16.4. The standard InChI is InChI=1S/C15H20N2O2S/c1-3-12(2)11-20(19)8-7-15(18)17-14-6-4-5-13(9-14)10-16/h4-6,9,12H,3,7-8,11H2,1-2H3,(H,17,18). The van der Waals surface area contributed by atoms with Gasteiger partial charge in [0.25, 0.3) is 0 Å². The summed E-state index contributed by atoms with van der Waals surface area (Å²) in [5, 5.41) is 11.5. The van der Waals surface area contributed by atoms with Crippen molar-refractivity contribution in [1.29, 1.82) is 5.26 Å². The van der Waals surface area contributed by atoms with Crippen LogP contribution in [0.15, 0.2) is 24.3 Å². The quantitative estimate of drug-likeness (QED) is 0.840. The summed E-state index contributed by atoms with van der Waals surface area (Å²) in [4.78, 5) is 11.7. The smallest absolute Gasteiger partial charge is 0.225 e. The Bertz CT molecular complexity index is 523. The molecule has 0 heterocycles. The van der Waals surface area contributed by atoms with Crippen LogP contribution < -0.4 is 5.32 Å². The van der Waals surface area contributed by atoms with Gasteiger partial charge in [-0.1, -0.05) is 26.3 Å². The zero-order chi connectivity index (χ0) is 15.0. The van der Waals surface area contributed by atoms with Crippen molar-refractivity contribution >= 4 is 22.4 Å². The van der Waals surface area contributed by atoms with E-state index in [9.17, 15) is 9.00 Å². The maximum Gasteiger partial charge on any atom is 0.225 e. The lowest BCUT2D eigenvalue weighted by molar-refractivity contribution is -0.115. The average Bonchev–Trinajstić information content (AvgIpc) is 2.45. The molecule has 1 aromatic carbocycles. The Morgan fingerprint density at radius 1 is 1.50 bits per heavy atom. The van der Waals surface area contributed by atoms with Gasteiger partial charge in [0, 0.05) is 34.4 Å². The average molecular weight is 292 g/mol. The van der Waals surface area contributed by atoms with E-state index in [0.717, 1.165) is 6.42 Å². The van der Waals surface area contributed by atoms with Crippen molar-refractivity contribution in [3.63, 3.8) is 0 Å². The van der Waals surface area contributed by atoms with Crippen LogP contribution in [0.4, 0.5) is 5.69 Å². The summed E-state index contributed by atoms with van der Waals surface area (Å²) in [6.07, 6.45) is 1.23. The molecule has 0 saturated carbocycles. The largest absolute Gasteiger partial charge is 0.326 e. The molecule has 1 aromatic rings. The molecule has 1 N–H and O–H groups in total. The van der Waals surface area contributed by atoms with E-state index in [4.69, 9.17) is 5.26 Å². The zero-order valence-corrected chi connectivity index (χ0v) is 12.7. The molecule has 0 radical (unpaired) electrons. The second kappa shape index (κ2) is 8.49. The number of rotatable bonds is 7. The van der Waals surface area contributed by atoms with Gasteiger partial charge in [-0.2, -0.15) is 5.26 Å². The summed E-state index contributed by atoms with van der Waals surface area (Å²) < 4.78 is 11.8. The van der Waals surface area contributed by atoms with Crippen LogP contribution in [0.5, 0.6) is 0 Å². The lowest BCUT2D eigenvalue weighted by Gasteiger charge is -2.08. The predicted octanol–water partition coefficient (Wildman–Crippen LogP) is 2.68. The second-order valence-electron chi connectivity index (χ2n) is 4.81. The monoisotopic (exact) mass is 292 g/mol. The number of hydrogen-bond donors (Lipinski definition) is 1. The van der Waals surface area contributed by atoms with Gasteiger partial charge in [0.2, 0.25) is 5.91 Å². The molecular weight excluding hydrogens is 272 g/mol. The van der Waals surface area contributed by atoms with E-state index in [2.05, 4.69) is 19.2 Å². The summed E-state index contributed by atoms with van der Waals surface area (Å²) in [6.45, 7) is 4.13. The van der Waals surface area contributed by atoms with Gasteiger partial charge in [0.05, 0.1) is 11.6 Å². The fourth-order valence-corrected chi connectivity index (χ4v) is 3.07. The number of benzene rings is 1. The van der Waals surface area contributed by atoms with Gasteiger partial charge >= 0.3 is 0 Å². The van der Waals surface area contributed by atoms with Gasteiger partial charge < -0.3 is 5.32 Å². The van der Waals surface area contributed by atoms with Gasteiger partial charge in [-0.3, -0.25) is 9.00 Å². The Morgan fingerprint density at radius 2 is 2.25 bits per heavy atom. The van der Waals surface area contributed by atoms with Crippen molar-refractivity contribution in [1.82, 2.24) is 0 Å². The van der Waals surface area contributed by atoms with E-state index < -0.39 is 10.8 Å². The molecule has 0 aliphatic heterocycles. The summed E-state index contributed by atoms with van der Waals surface area (Å²) in [5.74, 6) is 1.28. The molecule has 0 aliphatic carbocycles. The fourth-order valence-electron chi connectivity index (χ4n) is 1.62. The van der Waals surface area contributed by atoms with E-state index in [0.29, 0.717) is 28.7 Å². The minimum absolute atomic E-state index is 0.169. The minimum atomic E-state index is -0.948. The summed E-state index contributed by atoms with van der Waals surface area (Å²) in [5.41, 5.74) is 1.10. The Labute approximate surface area is 122 Å². The van der Waals surface area contributed by atoms with Crippen LogP contribution in [0.3, 0.4) is 0 Å². The predicted molar refractivity (Wildman–Crippen MR) is 81.7 cm³/mol. The van der Waals surface area contributed by atoms with E-state index in [1.165, 1.54) is 0 Å². The molecule has 1 rings (SSSR count). The number of hydrogen-bond acceptors (Lipinski definition) is 3. The molecule has 0 fully saturated rings. The van der Waals surface area contributed by atoms with Crippen molar-refractivity contribution < 1.29 is 9.00 Å². The third-order valence-corrected chi connectivity index (χ3v) is 4.60. The number of nitriles is 1. The molecule has 0 bridgehead atoms. The number of anilines is 1. The molecular formula is C15H20N2O2S. The first-order valence-corrected chi connectivity index (χ1v) is 8.19. The number of carbonyl (C=O) groups is 1. The molecule has 20 heavy (non-hydrogen) atoms. The Hall–Kier alpha value is -1.67. The minimum Gasteiger partial charge on any atom is -0.326 e. The number of amides is 1. The molecule has 4 nitrogen and oxygen atoms in total. The molecule has 0 saturated heterocycles. The highest BCUT2D eigenvalue weighted by molar-refractivity contribution is 7.85. The number of carbonyl (C=O) groups excluding carboxylic acids is 1. The Morgan fingerprint density at radius 3 is 2.90 bits per heavy atom. The van der Waals surface area contributed by atoms with Crippen LogP contribution in [0, 0.1) is 17.2 Å². The zero-order valence-electron chi connectivity index (χ0n) is 11.9. The third kappa shape index (κ3) is 5.98. The maximum absolute atomic E-state index is 11.8. The molecule has 0 aromatic heterocycles.